The molecule has 0 bridgehead atoms. The number of nitrogens with zero attached hydrogens (tertiary/aromatic N) is 2. The van der Waals surface area contributed by atoms with Crippen LogP contribution in [0.25, 0.3) is 0 Å². The molecule has 1 aromatic heterocycles. The summed E-state index contributed by atoms with van der Waals surface area (Å²) in [6.07, 6.45) is 1.44. The maximum atomic E-state index is 11.0. The zero-order chi connectivity index (χ0) is 13.9. The van der Waals surface area contributed by atoms with Crippen molar-refractivity contribution in [2.24, 2.45) is 11.8 Å². The van der Waals surface area contributed by atoms with Crippen LogP contribution < -0.4 is 0 Å². The number of halogens is 1. The average molecular weight is 273 g/mol. The molecule has 1 rings (SSSR count). The number of carbonyl (C=O) groups is 1. The summed E-state index contributed by atoms with van der Waals surface area (Å²) in [4.78, 5) is 11.0. The van der Waals surface area contributed by atoms with Gasteiger partial charge in [0.25, 0.3) is 0 Å². The monoisotopic (exact) mass is 272 g/mol. The average Bonchev–Trinajstić information content (AvgIpc) is 2.65. The van der Waals surface area contributed by atoms with Crippen LogP contribution in [-0.2, 0) is 24.2 Å². The second-order valence-electron chi connectivity index (χ2n) is 4.69. The smallest absolute Gasteiger partial charge is 0.306 e. The van der Waals surface area contributed by atoms with Crippen LogP contribution in [0.2, 0.25) is 5.02 Å². The van der Waals surface area contributed by atoms with Crippen LogP contribution in [0, 0.1) is 11.8 Å². The first-order valence-electron chi connectivity index (χ1n) is 6.39. The molecule has 2 atom stereocenters. The van der Waals surface area contributed by atoms with E-state index in [1.54, 1.807) is 6.92 Å². The first-order valence-corrected chi connectivity index (χ1v) is 6.76. The van der Waals surface area contributed by atoms with Crippen LogP contribution in [0.4, 0.5) is 0 Å². The number of hydrogen-bond donors (Lipinski definition) is 1. The Morgan fingerprint density at radius 3 is 2.50 bits per heavy atom. The number of carboxylic acids is 1. The summed E-state index contributed by atoms with van der Waals surface area (Å²) in [5.74, 6) is -1.12. The van der Waals surface area contributed by atoms with E-state index in [0.717, 1.165) is 24.4 Å². The standard InChI is InChI=1S/C13H21ClN2O2/c1-5-10-12(14)11(16(6-2)15-10)7-8(3)9(4)13(17)18/h8-9H,5-7H2,1-4H3,(H,17,18). The lowest BCUT2D eigenvalue weighted by molar-refractivity contribution is -0.142. The highest BCUT2D eigenvalue weighted by atomic mass is 35.5. The fraction of sp³-hybridized carbons (Fsp3) is 0.692. The van der Waals surface area contributed by atoms with Crippen molar-refractivity contribution in [3.05, 3.63) is 16.4 Å². The van der Waals surface area contributed by atoms with Gasteiger partial charge in [0.2, 0.25) is 0 Å². The van der Waals surface area contributed by atoms with Crippen LogP contribution in [0.3, 0.4) is 0 Å². The molecule has 1 heterocycles. The number of aliphatic carboxylic acids is 1. The summed E-state index contributed by atoms with van der Waals surface area (Å²) < 4.78 is 1.88. The Morgan fingerprint density at radius 1 is 1.44 bits per heavy atom. The summed E-state index contributed by atoms with van der Waals surface area (Å²) in [6.45, 7) is 8.45. The first-order chi connectivity index (χ1) is 8.42. The summed E-state index contributed by atoms with van der Waals surface area (Å²) in [6, 6.07) is 0. The van der Waals surface area contributed by atoms with Gasteiger partial charge in [-0.3, -0.25) is 9.48 Å². The third kappa shape index (κ3) is 3.05. The Kier molecular flexibility index (Phi) is 5.20. The minimum absolute atomic E-state index is 0.0340. The molecule has 4 nitrogen and oxygen atoms in total. The molecule has 0 amide bonds. The third-order valence-corrected chi connectivity index (χ3v) is 3.89. The van der Waals surface area contributed by atoms with Crippen LogP contribution in [-0.4, -0.2) is 20.9 Å². The lowest BCUT2D eigenvalue weighted by Gasteiger charge is -2.16. The minimum Gasteiger partial charge on any atom is -0.481 e. The summed E-state index contributed by atoms with van der Waals surface area (Å²) in [7, 11) is 0. The zero-order valence-electron chi connectivity index (χ0n) is 11.4. The third-order valence-electron chi connectivity index (χ3n) is 3.45. The molecule has 5 heteroatoms. The highest BCUT2D eigenvalue weighted by Gasteiger charge is 2.23. The number of carboxylic acid groups (broad SMARTS) is 1. The van der Waals surface area contributed by atoms with Gasteiger partial charge in [-0.2, -0.15) is 5.10 Å². The van der Waals surface area contributed by atoms with E-state index in [2.05, 4.69) is 5.10 Å². The molecule has 18 heavy (non-hydrogen) atoms. The Balaban J connectivity index is 2.96. The molecule has 0 aromatic carbocycles. The van der Waals surface area contributed by atoms with Crippen molar-refractivity contribution >= 4 is 17.6 Å². The number of rotatable bonds is 6. The fourth-order valence-corrected chi connectivity index (χ4v) is 2.28. The van der Waals surface area contributed by atoms with Crippen molar-refractivity contribution < 1.29 is 9.90 Å². The van der Waals surface area contributed by atoms with Crippen LogP contribution in [0.5, 0.6) is 0 Å². The van der Waals surface area contributed by atoms with E-state index < -0.39 is 5.97 Å². The van der Waals surface area contributed by atoms with Gasteiger partial charge in [-0.1, -0.05) is 32.4 Å². The molecule has 0 saturated heterocycles. The fourth-order valence-electron chi connectivity index (χ4n) is 1.94. The molecule has 0 aliphatic rings. The van der Waals surface area contributed by atoms with Gasteiger partial charge in [-0.15, -0.1) is 0 Å². The molecular weight excluding hydrogens is 252 g/mol. The summed E-state index contributed by atoms with van der Waals surface area (Å²) in [5.41, 5.74) is 1.85. The van der Waals surface area contributed by atoms with E-state index in [9.17, 15) is 4.79 Å². The number of aryl methyl sites for hydroxylation is 2. The molecule has 0 aliphatic heterocycles. The van der Waals surface area contributed by atoms with Gasteiger partial charge >= 0.3 is 5.97 Å². The van der Waals surface area contributed by atoms with Crippen molar-refractivity contribution in [1.82, 2.24) is 9.78 Å². The summed E-state index contributed by atoms with van der Waals surface area (Å²) in [5, 5.41) is 14.2. The zero-order valence-corrected chi connectivity index (χ0v) is 12.2. The highest BCUT2D eigenvalue weighted by molar-refractivity contribution is 6.31. The maximum Gasteiger partial charge on any atom is 0.306 e. The van der Waals surface area contributed by atoms with Crippen molar-refractivity contribution in [2.75, 3.05) is 0 Å². The first kappa shape index (κ1) is 15.0. The van der Waals surface area contributed by atoms with E-state index in [1.165, 1.54) is 0 Å². The normalized spacial score (nSPS) is 14.5. The van der Waals surface area contributed by atoms with Crippen molar-refractivity contribution in [3.63, 3.8) is 0 Å². The Labute approximate surface area is 113 Å². The number of aromatic nitrogens is 2. The molecule has 102 valence electrons. The largest absolute Gasteiger partial charge is 0.481 e. The second-order valence-corrected chi connectivity index (χ2v) is 5.06. The lowest BCUT2D eigenvalue weighted by Crippen LogP contribution is -2.21. The predicted octanol–water partition coefficient (Wildman–Crippen LogP) is 3.02. The molecule has 0 fully saturated rings. The van der Waals surface area contributed by atoms with Gasteiger partial charge in [0.15, 0.2) is 0 Å². The quantitative estimate of drug-likeness (QED) is 0.866. The topological polar surface area (TPSA) is 55.1 Å². The van der Waals surface area contributed by atoms with E-state index >= 15 is 0 Å². The SMILES string of the molecule is CCc1nn(CC)c(CC(C)C(C)C(=O)O)c1Cl. The van der Waals surface area contributed by atoms with E-state index in [4.69, 9.17) is 16.7 Å². The Morgan fingerprint density at radius 2 is 2.06 bits per heavy atom. The molecule has 1 N–H and O–H groups in total. The van der Waals surface area contributed by atoms with E-state index in [1.807, 2.05) is 25.5 Å². The van der Waals surface area contributed by atoms with Crippen LogP contribution >= 0.6 is 11.6 Å². The van der Waals surface area contributed by atoms with Gasteiger partial charge in [0.1, 0.15) is 0 Å². The van der Waals surface area contributed by atoms with Gasteiger partial charge in [0, 0.05) is 6.54 Å². The van der Waals surface area contributed by atoms with Crippen molar-refractivity contribution in [1.29, 1.82) is 0 Å². The van der Waals surface area contributed by atoms with Gasteiger partial charge in [-0.05, 0) is 25.7 Å². The summed E-state index contributed by atoms with van der Waals surface area (Å²) >= 11 is 6.31. The Bertz CT molecular complexity index is 429. The molecule has 0 radical (unpaired) electrons. The molecule has 1 aromatic rings. The van der Waals surface area contributed by atoms with Crippen LogP contribution in [0.1, 0.15) is 39.1 Å². The van der Waals surface area contributed by atoms with Crippen molar-refractivity contribution in [2.45, 2.75) is 47.1 Å². The molecule has 0 aliphatic carbocycles. The second kappa shape index (κ2) is 6.23. The van der Waals surface area contributed by atoms with E-state index in [0.29, 0.717) is 11.4 Å². The highest BCUT2D eigenvalue weighted by Crippen LogP contribution is 2.26. The van der Waals surface area contributed by atoms with E-state index in [-0.39, 0.29) is 11.8 Å². The molecule has 2 unspecified atom stereocenters. The van der Waals surface area contributed by atoms with Crippen LogP contribution in [0.15, 0.2) is 0 Å². The molecule has 0 saturated carbocycles. The molecule has 0 spiro atoms. The maximum absolute atomic E-state index is 11.0. The van der Waals surface area contributed by atoms with Gasteiger partial charge < -0.3 is 5.11 Å². The van der Waals surface area contributed by atoms with Gasteiger partial charge in [-0.25, -0.2) is 0 Å². The lowest BCUT2D eigenvalue weighted by atomic mass is 9.91. The predicted molar refractivity (Wildman–Crippen MR) is 72.0 cm³/mol. The number of hydrogen-bond acceptors (Lipinski definition) is 2. The van der Waals surface area contributed by atoms with Gasteiger partial charge in [0.05, 0.1) is 22.3 Å². The minimum atomic E-state index is -0.767. The molecular formula is C13H21ClN2O2. The Hall–Kier alpha value is -1.03. The van der Waals surface area contributed by atoms with Crippen molar-refractivity contribution in [3.8, 4) is 0 Å².